The van der Waals surface area contributed by atoms with E-state index in [9.17, 15) is 9.59 Å². The first-order valence-electron chi connectivity index (χ1n) is 9.50. The standard InChI is InChI=1S/C21H23N5O2/c1-14-24-18-5-3-2-4-17(18)21(28)26(14)13-15-7-10-25(11-8-15)16-6-9-23-19(12-16)20(22)27/h2-6,9,12,15H,7-8,10-11,13H2,1H3,(H2,22,27). The van der Waals surface area contributed by atoms with E-state index in [4.69, 9.17) is 5.73 Å². The Labute approximate surface area is 162 Å². The Morgan fingerprint density at radius 3 is 2.71 bits per heavy atom. The molecule has 3 aromatic rings. The lowest BCUT2D eigenvalue weighted by Crippen LogP contribution is -2.37. The molecule has 0 bridgehead atoms. The van der Waals surface area contributed by atoms with Crippen LogP contribution < -0.4 is 16.2 Å². The summed E-state index contributed by atoms with van der Waals surface area (Å²) in [6.45, 7) is 4.30. The first-order valence-corrected chi connectivity index (χ1v) is 9.50. The monoisotopic (exact) mass is 377 g/mol. The zero-order valence-electron chi connectivity index (χ0n) is 15.8. The number of carbonyl (C=O) groups excluding carboxylic acids is 1. The summed E-state index contributed by atoms with van der Waals surface area (Å²) < 4.78 is 1.81. The third-order valence-electron chi connectivity index (χ3n) is 5.47. The van der Waals surface area contributed by atoms with Gasteiger partial charge < -0.3 is 10.6 Å². The Morgan fingerprint density at radius 2 is 1.96 bits per heavy atom. The van der Waals surface area contributed by atoms with Gasteiger partial charge in [-0.25, -0.2) is 4.98 Å². The summed E-state index contributed by atoms with van der Waals surface area (Å²) in [6.07, 6.45) is 3.55. The Morgan fingerprint density at radius 1 is 1.21 bits per heavy atom. The summed E-state index contributed by atoms with van der Waals surface area (Å²) >= 11 is 0. The Balaban J connectivity index is 1.48. The van der Waals surface area contributed by atoms with Crippen LogP contribution in [0.3, 0.4) is 0 Å². The highest BCUT2D eigenvalue weighted by Gasteiger charge is 2.22. The molecule has 7 nitrogen and oxygen atoms in total. The van der Waals surface area contributed by atoms with Crippen LogP contribution in [0.1, 0.15) is 29.2 Å². The van der Waals surface area contributed by atoms with Crippen molar-refractivity contribution in [1.29, 1.82) is 0 Å². The van der Waals surface area contributed by atoms with Crippen LogP contribution in [-0.4, -0.2) is 33.5 Å². The van der Waals surface area contributed by atoms with E-state index >= 15 is 0 Å². The SMILES string of the molecule is Cc1nc2ccccc2c(=O)n1CC1CCN(c2ccnc(C(N)=O)c2)CC1. The van der Waals surface area contributed by atoms with Crippen molar-refractivity contribution >= 4 is 22.5 Å². The van der Waals surface area contributed by atoms with Gasteiger partial charge in [-0.1, -0.05) is 12.1 Å². The van der Waals surface area contributed by atoms with Crippen molar-refractivity contribution in [3.05, 3.63) is 64.5 Å². The third kappa shape index (κ3) is 3.47. The Hall–Kier alpha value is -3.22. The molecule has 0 spiro atoms. The van der Waals surface area contributed by atoms with Gasteiger partial charge in [-0.05, 0) is 49.9 Å². The van der Waals surface area contributed by atoms with Crippen LogP contribution >= 0.6 is 0 Å². The summed E-state index contributed by atoms with van der Waals surface area (Å²) in [5.74, 6) is 0.648. The number of piperidine rings is 1. The quantitative estimate of drug-likeness (QED) is 0.752. The maximum atomic E-state index is 12.9. The lowest BCUT2D eigenvalue weighted by Gasteiger charge is -2.34. The van der Waals surface area contributed by atoms with Crippen molar-refractivity contribution in [2.45, 2.75) is 26.3 Å². The molecule has 2 N–H and O–H groups in total. The van der Waals surface area contributed by atoms with E-state index < -0.39 is 5.91 Å². The van der Waals surface area contributed by atoms with Gasteiger partial charge in [-0.2, -0.15) is 0 Å². The molecule has 0 atom stereocenters. The number of nitrogens with two attached hydrogens (primary N) is 1. The summed E-state index contributed by atoms with van der Waals surface area (Å²) in [5, 5.41) is 0.668. The van der Waals surface area contributed by atoms with Gasteiger partial charge in [0.1, 0.15) is 11.5 Å². The van der Waals surface area contributed by atoms with Crippen LogP contribution in [0.25, 0.3) is 10.9 Å². The number of amides is 1. The molecular formula is C21H23N5O2. The van der Waals surface area contributed by atoms with Crippen LogP contribution in [0.15, 0.2) is 47.4 Å². The number of carbonyl (C=O) groups is 1. The second-order valence-corrected chi connectivity index (χ2v) is 7.29. The van der Waals surface area contributed by atoms with Crippen LogP contribution in [0.5, 0.6) is 0 Å². The molecule has 4 rings (SSSR count). The van der Waals surface area contributed by atoms with Crippen molar-refractivity contribution in [2.24, 2.45) is 11.7 Å². The molecule has 1 fully saturated rings. The number of para-hydroxylation sites is 1. The number of pyridine rings is 1. The molecular weight excluding hydrogens is 354 g/mol. The Bertz CT molecular complexity index is 1080. The van der Waals surface area contributed by atoms with E-state index in [0.717, 1.165) is 43.0 Å². The molecule has 0 aliphatic carbocycles. The molecule has 1 aliphatic rings. The first kappa shape index (κ1) is 18.2. The van der Waals surface area contributed by atoms with E-state index in [1.54, 1.807) is 16.8 Å². The van der Waals surface area contributed by atoms with Gasteiger partial charge in [-0.15, -0.1) is 0 Å². The van der Waals surface area contributed by atoms with E-state index in [1.165, 1.54) is 0 Å². The largest absolute Gasteiger partial charge is 0.371 e. The second kappa shape index (κ2) is 7.42. The van der Waals surface area contributed by atoms with E-state index in [2.05, 4.69) is 14.9 Å². The van der Waals surface area contributed by atoms with E-state index in [1.807, 2.05) is 37.3 Å². The van der Waals surface area contributed by atoms with Gasteiger partial charge in [-0.3, -0.25) is 19.1 Å². The first-order chi connectivity index (χ1) is 13.5. The highest BCUT2D eigenvalue weighted by atomic mass is 16.1. The van der Waals surface area contributed by atoms with Crippen LogP contribution in [0, 0.1) is 12.8 Å². The predicted molar refractivity (Wildman–Crippen MR) is 108 cm³/mol. The second-order valence-electron chi connectivity index (χ2n) is 7.29. The normalized spacial score (nSPS) is 15.1. The van der Waals surface area contributed by atoms with Crippen LogP contribution in [-0.2, 0) is 6.54 Å². The molecule has 7 heteroatoms. The predicted octanol–water partition coefficient (Wildman–Crippen LogP) is 2.12. The molecule has 0 unspecified atom stereocenters. The van der Waals surface area contributed by atoms with Gasteiger partial charge >= 0.3 is 0 Å². The number of primary amides is 1. The number of rotatable bonds is 4. The van der Waals surface area contributed by atoms with E-state index in [-0.39, 0.29) is 11.3 Å². The minimum atomic E-state index is -0.518. The van der Waals surface area contributed by atoms with Crippen molar-refractivity contribution in [3.63, 3.8) is 0 Å². The van der Waals surface area contributed by atoms with Crippen molar-refractivity contribution in [3.8, 4) is 0 Å². The van der Waals surface area contributed by atoms with Crippen molar-refractivity contribution < 1.29 is 4.79 Å². The van der Waals surface area contributed by atoms with Gasteiger partial charge in [0.05, 0.1) is 10.9 Å². The topological polar surface area (TPSA) is 94.1 Å². The molecule has 28 heavy (non-hydrogen) atoms. The Kier molecular flexibility index (Phi) is 4.81. The molecule has 1 aromatic carbocycles. The minimum Gasteiger partial charge on any atom is -0.371 e. The van der Waals surface area contributed by atoms with Crippen molar-refractivity contribution in [2.75, 3.05) is 18.0 Å². The summed E-state index contributed by atoms with van der Waals surface area (Å²) in [5.41, 5.74) is 7.35. The molecule has 1 saturated heterocycles. The van der Waals surface area contributed by atoms with Crippen LogP contribution in [0.2, 0.25) is 0 Å². The lowest BCUT2D eigenvalue weighted by atomic mass is 9.96. The molecule has 144 valence electrons. The molecule has 3 heterocycles. The number of hydrogen-bond donors (Lipinski definition) is 1. The number of hydrogen-bond acceptors (Lipinski definition) is 5. The zero-order valence-corrected chi connectivity index (χ0v) is 15.8. The summed E-state index contributed by atoms with van der Waals surface area (Å²) in [4.78, 5) is 35.1. The highest BCUT2D eigenvalue weighted by molar-refractivity contribution is 5.91. The number of benzene rings is 1. The highest BCUT2D eigenvalue weighted by Crippen LogP contribution is 2.24. The van der Waals surface area contributed by atoms with E-state index in [0.29, 0.717) is 17.8 Å². The average Bonchev–Trinajstić information content (AvgIpc) is 2.71. The molecule has 1 aliphatic heterocycles. The molecule has 0 radical (unpaired) electrons. The van der Waals surface area contributed by atoms with Crippen LogP contribution in [0.4, 0.5) is 5.69 Å². The lowest BCUT2D eigenvalue weighted by molar-refractivity contribution is 0.0995. The number of anilines is 1. The third-order valence-corrected chi connectivity index (χ3v) is 5.47. The number of nitrogens with zero attached hydrogens (tertiary/aromatic N) is 4. The molecule has 0 saturated carbocycles. The van der Waals surface area contributed by atoms with Gasteiger partial charge in [0, 0.05) is 31.5 Å². The fraction of sp³-hybridized carbons (Fsp3) is 0.333. The number of aryl methyl sites for hydroxylation is 1. The maximum Gasteiger partial charge on any atom is 0.267 e. The number of fused-ring (bicyclic) bond motifs is 1. The minimum absolute atomic E-state index is 0.0331. The number of aromatic nitrogens is 3. The molecule has 1 amide bonds. The van der Waals surface area contributed by atoms with Gasteiger partial charge in [0.2, 0.25) is 0 Å². The molecule has 2 aromatic heterocycles. The maximum absolute atomic E-state index is 12.9. The fourth-order valence-electron chi connectivity index (χ4n) is 3.88. The van der Waals surface area contributed by atoms with Gasteiger partial charge in [0.25, 0.3) is 11.5 Å². The van der Waals surface area contributed by atoms with Crippen molar-refractivity contribution in [1.82, 2.24) is 14.5 Å². The average molecular weight is 377 g/mol. The summed E-state index contributed by atoms with van der Waals surface area (Å²) in [6, 6.07) is 11.1. The fourth-order valence-corrected chi connectivity index (χ4v) is 3.88. The zero-order chi connectivity index (χ0) is 19.7. The smallest absolute Gasteiger partial charge is 0.267 e. The van der Waals surface area contributed by atoms with Gasteiger partial charge in [0.15, 0.2) is 0 Å². The summed E-state index contributed by atoms with van der Waals surface area (Å²) in [7, 11) is 0.